The van der Waals surface area contributed by atoms with Gasteiger partial charge in [0, 0.05) is 0 Å². The van der Waals surface area contributed by atoms with Gasteiger partial charge >= 0.3 is 6.16 Å². The Labute approximate surface area is 99.5 Å². The number of unbranched alkanes of at least 4 members (excludes halogenated alkanes) is 1. The molecule has 0 saturated carbocycles. The molecule has 0 amide bonds. The van der Waals surface area contributed by atoms with E-state index in [9.17, 15) is 4.79 Å². The fraction of sp³-hybridized carbons (Fsp3) is 0.923. The third-order valence-corrected chi connectivity index (χ3v) is 2.67. The first-order chi connectivity index (χ1) is 7.41. The van der Waals surface area contributed by atoms with E-state index in [4.69, 9.17) is 9.47 Å². The number of ether oxygens (including phenoxy) is 2. The van der Waals surface area contributed by atoms with Gasteiger partial charge in [0.25, 0.3) is 0 Å². The zero-order valence-corrected chi connectivity index (χ0v) is 11.3. The molecule has 1 unspecified atom stereocenters. The number of carbonyl (C=O) groups excluding carboxylic acids is 1. The second kappa shape index (κ2) is 7.53. The van der Waals surface area contributed by atoms with Crippen LogP contribution in [0.15, 0.2) is 0 Å². The largest absolute Gasteiger partial charge is 0.508 e. The Morgan fingerprint density at radius 1 is 1.31 bits per heavy atom. The van der Waals surface area contributed by atoms with Gasteiger partial charge in [0.05, 0.1) is 6.61 Å². The minimum absolute atomic E-state index is 0.395. The maximum atomic E-state index is 11.4. The summed E-state index contributed by atoms with van der Waals surface area (Å²) < 4.78 is 10.3. The first-order valence-corrected chi connectivity index (χ1v) is 6.27. The zero-order valence-electron chi connectivity index (χ0n) is 11.3. The summed E-state index contributed by atoms with van der Waals surface area (Å²) >= 11 is 0. The molecule has 0 radical (unpaired) electrons. The second-order valence-corrected chi connectivity index (χ2v) is 5.04. The van der Waals surface area contributed by atoms with E-state index < -0.39 is 11.8 Å². The Morgan fingerprint density at radius 2 is 1.94 bits per heavy atom. The lowest BCUT2D eigenvalue weighted by atomic mass is 10.0. The van der Waals surface area contributed by atoms with E-state index in [1.54, 1.807) is 0 Å². The minimum atomic E-state index is -0.540. The van der Waals surface area contributed by atoms with E-state index in [2.05, 4.69) is 20.8 Å². The van der Waals surface area contributed by atoms with E-state index in [1.165, 1.54) is 0 Å². The van der Waals surface area contributed by atoms with E-state index in [0.717, 1.165) is 25.7 Å². The van der Waals surface area contributed by atoms with Crippen molar-refractivity contribution in [2.45, 2.75) is 65.9 Å². The molecular formula is C13H26O3. The zero-order chi connectivity index (χ0) is 12.6. The Morgan fingerprint density at radius 3 is 2.44 bits per heavy atom. The Bertz CT molecular complexity index is 199. The van der Waals surface area contributed by atoms with E-state index >= 15 is 0 Å². The van der Waals surface area contributed by atoms with Crippen LogP contribution in [-0.4, -0.2) is 18.4 Å². The standard InChI is InChI=1S/C13H26O3/c1-6-8-9-13(4,5)16-12(14)15-10-11(3)7-2/h11H,6-10H2,1-5H3. The van der Waals surface area contributed by atoms with Gasteiger partial charge in [-0.05, 0) is 32.6 Å². The summed E-state index contributed by atoms with van der Waals surface area (Å²) in [6, 6.07) is 0. The van der Waals surface area contributed by atoms with E-state index in [-0.39, 0.29) is 0 Å². The van der Waals surface area contributed by atoms with Gasteiger partial charge in [0.15, 0.2) is 0 Å². The normalized spacial score (nSPS) is 13.3. The molecule has 0 saturated heterocycles. The molecular weight excluding hydrogens is 204 g/mol. The van der Waals surface area contributed by atoms with Crippen LogP contribution in [0.2, 0.25) is 0 Å². The van der Waals surface area contributed by atoms with Gasteiger partial charge < -0.3 is 9.47 Å². The lowest BCUT2D eigenvalue weighted by Gasteiger charge is -2.24. The van der Waals surface area contributed by atoms with Crippen LogP contribution in [0, 0.1) is 5.92 Å². The molecule has 96 valence electrons. The van der Waals surface area contributed by atoms with E-state index in [1.807, 2.05) is 13.8 Å². The van der Waals surface area contributed by atoms with Crippen LogP contribution in [0.4, 0.5) is 4.79 Å². The second-order valence-electron chi connectivity index (χ2n) is 5.04. The highest BCUT2D eigenvalue weighted by Crippen LogP contribution is 2.18. The maximum absolute atomic E-state index is 11.4. The van der Waals surface area contributed by atoms with Crippen molar-refractivity contribution in [3.05, 3.63) is 0 Å². The molecule has 0 aromatic carbocycles. The highest BCUT2D eigenvalue weighted by atomic mass is 16.7. The lowest BCUT2D eigenvalue weighted by molar-refractivity contribution is -0.0257. The molecule has 3 nitrogen and oxygen atoms in total. The molecule has 0 aliphatic rings. The van der Waals surface area contributed by atoms with Gasteiger partial charge in [0.1, 0.15) is 5.60 Å². The predicted molar refractivity (Wildman–Crippen MR) is 65.5 cm³/mol. The van der Waals surface area contributed by atoms with Crippen molar-refractivity contribution in [2.24, 2.45) is 5.92 Å². The predicted octanol–water partition coefficient (Wildman–Crippen LogP) is 4.15. The molecule has 0 spiro atoms. The monoisotopic (exact) mass is 230 g/mol. The molecule has 0 bridgehead atoms. The molecule has 1 atom stereocenters. The van der Waals surface area contributed by atoms with Crippen LogP contribution in [0.1, 0.15) is 60.3 Å². The van der Waals surface area contributed by atoms with Crippen molar-refractivity contribution in [1.29, 1.82) is 0 Å². The highest BCUT2D eigenvalue weighted by Gasteiger charge is 2.23. The van der Waals surface area contributed by atoms with Crippen molar-refractivity contribution in [3.63, 3.8) is 0 Å². The quantitative estimate of drug-likeness (QED) is 0.616. The van der Waals surface area contributed by atoms with Gasteiger partial charge in [-0.15, -0.1) is 0 Å². The van der Waals surface area contributed by atoms with Gasteiger partial charge in [0.2, 0.25) is 0 Å². The number of carbonyl (C=O) groups is 1. The Balaban J connectivity index is 3.84. The molecule has 16 heavy (non-hydrogen) atoms. The molecule has 0 aromatic heterocycles. The van der Waals surface area contributed by atoms with Gasteiger partial charge in [-0.2, -0.15) is 0 Å². The van der Waals surface area contributed by atoms with Crippen LogP contribution < -0.4 is 0 Å². The topological polar surface area (TPSA) is 35.5 Å². The summed E-state index contributed by atoms with van der Waals surface area (Å²) in [5.41, 5.74) is -0.414. The molecule has 0 fully saturated rings. The third kappa shape index (κ3) is 7.55. The number of rotatable bonds is 7. The first kappa shape index (κ1) is 15.3. The fourth-order valence-corrected chi connectivity index (χ4v) is 1.24. The molecule has 0 aliphatic heterocycles. The number of hydrogen-bond acceptors (Lipinski definition) is 3. The van der Waals surface area contributed by atoms with Gasteiger partial charge in [-0.3, -0.25) is 0 Å². The molecule has 0 aliphatic carbocycles. The van der Waals surface area contributed by atoms with Crippen LogP contribution >= 0.6 is 0 Å². The molecule has 0 N–H and O–H groups in total. The summed E-state index contributed by atoms with van der Waals surface area (Å²) in [7, 11) is 0. The smallest absolute Gasteiger partial charge is 0.434 e. The number of hydrogen-bond donors (Lipinski definition) is 0. The summed E-state index contributed by atoms with van der Waals surface area (Å²) in [6.45, 7) is 10.5. The highest BCUT2D eigenvalue weighted by molar-refractivity contribution is 5.60. The average Bonchev–Trinajstić information content (AvgIpc) is 2.22. The maximum Gasteiger partial charge on any atom is 0.508 e. The average molecular weight is 230 g/mol. The van der Waals surface area contributed by atoms with Crippen molar-refractivity contribution in [2.75, 3.05) is 6.61 Å². The molecule has 3 heteroatoms. The van der Waals surface area contributed by atoms with Crippen LogP contribution in [0.25, 0.3) is 0 Å². The molecule has 0 aromatic rings. The van der Waals surface area contributed by atoms with Crippen LogP contribution in [0.5, 0.6) is 0 Å². The summed E-state index contributed by atoms with van der Waals surface area (Å²) in [5, 5.41) is 0. The van der Waals surface area contributed by atoms with Crippen LogP contribution in [-0.2, 0) is 9.47 Å². The summed E-state index contributed by atoms with van der Waals surface area (Å²) in [4.78, 5) is 11.4. The van der Waals surface area contributed by atoms with Crippen LogP contribution in [0.3, 0.4) is 0 Å². The lowest BCUT2D eigenvalue weighted by Crippen LogP contribution is -2.29. The fourth-order valence-electron chi connectivity index (χ4n) is 1.24. The SMILES string of the molecule is CCCCC(C)(C)OC(=O)OCC(C)CC. The van der Waals surface area contributed by atoms with Crippen molar-refractivity contribution in [3.8, 4) is 0 Å². The molecule has 0 heterocycles. The van der Waals surface area contributed by atoms with E-state index in [0.29, 0.717) is 12.5 Å². The first-order valence-electron chi connectivity index (χ1n) is 6.27. The van der Waals surface area contributed by atoms with Crippen molar-refractivity contribution in [1.82, 2.24) is 0 Å². The van der Waals surface area contributed by atoms with Gasteiger partial charge in [-0.1, -0.05) is 33.6 Å². The summed E-state index contributed by atoms with van der Waals surface area (Å²) in [6.07, 6.45) is 3.51. The molecule has 0 rings (SSSR count). The van der Waals surface area contributed by atoms with Crippen molar-refractivity contribution >= 4 is 6.16 Å². The Hall–Kier alpha value is -0.730. The third-order valence-electron chi connectivity index (χ3n) is 2.67. The Kier molecular flexibility index (Phi) is 7.18. The minimum Gasteiger partial charge on any atom is -0.434 e. The van der Waals surface area contributed by atoms with Gasteiger partial charge in [-0.25, -0.2) is 4.79 Å². The summed E-state index contributed by atoms with van der Waals surface area (Å²) in [5.74, 6) is 0.395. The van der Waals surface area contributed by atoms with Crippen molar-refractivity contribution < 1.29 is 14.3 Å².